The van der Waals surface area contributed by atoms with Gasteiger partial charge in [0.1, 0.15) is 17.2 Å². The lowest BCUT2D eigenvalue weighted by molar-refractivity contribution is -0.151. The lowest BCUT2D eigenvalue weighted by atomic mass is 10.2. The zero-order chi connectivity index (χ0) is 22.3. The SMILES string of the molecule is CC(C)=CC(C)=NOC(=O)C(C)Oc1ccc(Oc2ccc(C(F)(F)F)cc2)cc1. The van der Waals surface area contributed by atoms with E-state index in [-0.39, 0.29) is 5.75 Å². The third kappa shape index (κ3) is 7.27. The molecule has 0 spiro atoms. The maximum absolute atomic E-state index is 12.6. The van der Waals surface area contributed by atoms with Crippen LogP contribution in [0.2, 0.25) is 0 Å². The largest absolute Gasteiger partial charge is 0.479 e. The van der Waals surface area contributed by atoms with Gasteiger partial charge in [0, 0.05) is 0 Å². The lowest BCUT2D eigenvalue weighted by Gasteiger charge is -2.13. The molecule has 0 aliphatic heterocycles. The lowest BCUT2D eigenvalue weighted by Crippen LogP contribution is -2.24. The first kappa shape index (κ1) is 23.0. The molecule has 2 aromatic carbocycles. The fraction of sp³-hybridized carbons (Fsp3) is 0.273. The molecule has 2 aromatic rings. The number of hydrogen-bond acceptors (Lipinski definition) is 5. The number of rotatable bonds is 7. The molecule has 0 aliphatic rings. The number of hydrogen-bond donors (Lipinski definition) is 0. The second-order valence-electron chi connectivity index (χ2n) is 6.72. The highest BCUT2D eigenvalue weighted by molar-refractivity contribution is 5.93. The normalized spacial score (nSPS) is 12.7. The monoisotopic (exact) mass is 421 g/mol. The Balaban J connectivity index is 1.92. The molecule has 0 aliphatic carbocycles. The van der Waals surface area contributed by atoms with E-state index in [0.29, 0.717) is 17.2 Å². The molecule has 0 fully saturated rings. The van der Waals surface area contributed by atoms with E-state index < -0.39 is 23.8 Å². The number of allylic oxidation sites excluding steroid dienone is 2. The van der Waals surface area contributed by atoms with Gasteiger partial charge in [0.15, 0.2) is 6.10 Å². The second-order valence-corrected chi connectivity index (χ2v) is 6.72. The topological polar surface area (TPSA) is 57.1 Å². The Bertz CT molecular complexity index is 913. The average Bonchev–Trinajstić information content (AvgIpc) is 2.66. The van der Waals surface area contributed by atoms with Crippen molar-refractivity contribution < 1.29 is 32.3 Å². The molecule has 8 heteroatoms. The van der Waals surface area contributed by atoms with Gasteiger partial charge in [-0.15, -0.1) is 0 Å². The minimum Gasteiger partial charge on any atom is -0.479 e. The summed E-state index contributed by atoms with van der Waals surface area (Å²) in [5.74, 6) is 0.406. The minimum absolute atomic E-state index is 0.262. The molecule has 0 amide bonds. The van der Waals surface area contributed by atoms with Gasteiger partial charge in [0.25, 0.3) is 0 Å². The van der Waals surface area contributed by atoms with Crippen molar-refractivity contribution in [3.05, 3.63) is 65.7 Å². The third-order valence-electron chi connectivity index (χ3n) is 3.66. The predicted molar refractivity (Wildman–Crippen MR) is 107 cm³/mol. The summed E-state index contributed by atoms with van der Waals surface area (Å²) in [5.41, 5.74) is 0.829. The third-order valence-corrected chi connectivity index (χ3v) is 3.66. The molecule has 1 unspecified atom stereocenters. The molecule has 0 saturated heterocycles. The van der Waals surface area contributed by atoms with E-state index >= 15 is 0 Å². The summed E-state index contributed by atoms with van der Waals surface area (Å²) in [6.45, 7) is 7.04. The van der Waals surface area contributed by atoms with Crippen molar-refractivity contribution in [1.29, 1.82) is 0 Å². The quantitative estimate of drug-likeness (QED) is 0.306. The smallest absolute Gasteiger partial charge is 0.416 e. The van der Waals surface area contributed by atoms with Crippen LogP contribution < -0.4 is 9.47 Å². The molecular formula is C22H22F3NO4. The summed E-state index contributed by atoms with van der Waals surface area (Å²) in [6, 6.07) is 10.7. The average molecular weight is 421 g/mol. The van der Waals surface area contributed by atoms with Crippen molar-refractivity contribution in [3.63, 3.8) is 0 Å². The Morgan fingerprint density at radius 3 is 1.93 bits per heavy atom. The van der Waals surface area contributed by atoms with E-state index in [9.17, 15) is 18.0 Å². The first-order valence-electron chi connectivity index (χ1n) is 9.07. The summed E-state index contributed by atoms with van der Waals surface area (Å²) < 4.78 is 48.8. The number of benzene rings is 2. The number of halogens is 3. The molecule has 0 aromatic heterocycles. The zero-order valence-corrected chi connectivity index (χ0v) is 17.0. The Morgan fingerprint density at radius 1 is 0.933 bits per heavy atom. The van der Waals surface area contributed by atoms with Gasteiger partial charge in [-0.2, -0.15) is 13.2 Å². The van der Waals surface area contributed by atoms with Gasteiger partial charge in [0.05, 0.1) is 11.3 Å². The van der Waals surface area contributed by atoms with Gasteiger partial charge >= 0.3 is 12.1 Å². The van der Waals surface area contributed by atoms with E-state index in [0.717, 1.165) is 17.7 Å². The van der Waals surface area contributed by atoms with Crippen molar-refractivity contribution in [2.24, 2.45) is 5.16 Å². The van der Waals surface area contributed by atoms with Crippen molar-refractivity contribution >= 4 is 11.7 Å². The van der Waals surface area contributed by atoms with Crippen LogP contribution in [-0.2, 0) is 15.8 Å². The fourth-order valence-corrected chi connectivity index (χ4v) is 2.32. The molecular weight excluding hydrogens is 399 g/mol. The number of ether oxygens (including phenoxy) is 2. The molecule has 0 radical (unpaired) electrons. The van der Waals surface area contributed by atoms with Crippen LogP contribution in [0, 0.1) is 0 Å². The molecule has 30 heavy (non-hydrogen) atoms. The molecule has 0 bridgehead atoms. The number of oxime groups is 1. The van der Waals surface area contributed by atoms with Crippen LogP contribution in [0.25, 0.3) is 0 Å². The number of carbonyl (C=O) groups is 1. The summed E-state index contributed by atoms with van der Waals surface area (Å²) in [5, 5.41) is 3.73. The molecule has 2 rings (SSSR count). The van der Waals surface area contributed by atoms with Crippen molar-refractivity contribution in [3.8, 4) is 17.2 Å². The Hall–Kier alpha value is -3.29. The number of alkyl halides is 3. The maximum Gasteiger partial charge on any atom is 0.416 e. The van der Waals surface area contributed by atoms with Crippen LogP contribution >= 0.6 is 0 Å². The number of nitrogens with zero attached hydrogens (tertiary/aromatic N) is 1. The van der Waals surface area contributed by atoms with E-state index in [2.05, 4.69) is 5.16 Å². The van der Waals surface area contributed by atoms with Crippen LogP contribution in [0.15, 0.2) is 65.3 Å². The Morgan fingerprint density at radius 2 is 1.43 bits per heavy atom. The van der Waals surface area contributed by atoms with Gasteiger partial charge in [-0.1, -0.05) is 10.7 Å². The van der Waals surface area contributed by atoms with Crippen LogP contribution in [0.5, 0.6) is 17.2 Å². The van der Waals surface area contributed by atoms with Crippen LogP contribution in [-0.4, -0.2) is 17.8 Å². The highest BCUT2D eigenvalue weighted by Crippen LogP contribution is 2.31. The highest BCUT2D eigenvalue weighted by atomic mass is 19.4. The fourth-order valence-electron chi connectivity index (χ4n) is 2.32. The number of carbonyl (C=O) groups excluding carboxylic acids is 1. The zero-order valence-electron chi connectivity index (χ0n) is 17.0. The van der Waals surface area contributed by atoms with Gasteiger partial charge in [0.2, 0.25) is 0 Å². The van der Waals surface area contributed by atoms with Gasteiger partial charge in [-0.05, 0) is 82.3 Å². The van der Waals surface area contributed by atoms with E-state index in [1.165, 1.54) is 19.1 Å². The van der Waals surface area contributed by atoms with Crippen LogP contribution in [0.1, 0.15) is 33.3 Å². The van der Waals surface area contributed by atoms with E-state index in [1.807, 2.05) is 13.8 Å². The maximum atomic E-state index is 12.6. The molecule has 160 valence electrons. The van der Waals surface area contributed by atoms with Crippen LogP contribution in [0.4, 0.5) is 13.2 Å². The van der Waals surface area contributed by atoms with Crippen LogP contribution in [0.3, 0.4) is 0 Å². The molecule has 0 N–H and O–H groups in total. The van der Waals surface area contributed by atoms with E-state index in [4.69, 9.17) is 14.3 Å². The van der Waals surface area contributed by atoms with E-state index in [1.54, 1.807) is 37.3 Å². The summed E-state index contributed by atoms with van der Waals surface area (Å²) in [6.07, 6.45) is -3.52. The Kier molecular flexibility index (Phi) is 7.63. The first-order valence-corrected chi connectivity index (χ1v) is 9.07. The summed E-state index contributed by atoms with van der Waals surface area (Å²) >= 11 is 0. The first-order chi connectivity index (χ1) is 14.0. The molecule has 1 atom stereocenters. The predicted octanol–water partition coefficient (Wildman–Crippen LogP) is 6.15. The molecule has 0 heterocycles. The standard InChI is InChI=1S/C22H22F3NO4/c1-14(2)13-15(3)26-30-21(27)16(4)28-18-9-11-20(12-10-18)29-19-7-5-17(6-8-19)22(23,24)25/h5-13,16H,1-4H3. The van der Waals surface area contributed by atoms with Crippen molar-refractivity contribution in [2.75, 3.05) is 0 Å². The van der Waals surface area contributed by atoms with Gasteiger partial charge in [-0.3, -0.25) is 0 Å². The van der Waals surface area contributed by atoms with Crippen molar-refractivity contribution in [2.45, 2.75) is 40.0 Å². The van der Waals surface area contributed by atoms with Gasteiger partial charge in [-0.25, -0.2) is 4.79 Å². The summed E-state index contributed by atoms with van der Waals surface area (Å²) in [4.78, 5) is 16.8. The van der Waals surface area contributed by atoms with Crippen molar-refractivity contribution in [1.82, 2.24) is 0 Å². The van der Waals surface area contributed by atoms with Gasteiger partial charge < -0.3 is 14.3 Å². The highest BCUT2D eigenvalue weighted by Gasteiger charge is 2.30. The Labute approximate surface area is 172 Å². The summed E-state index contributed by atoms with van der Waals surface area (Å²) in [7, 11) is 0. The minimum atomic E-state index is -4.40. The molecule has 5 nitrogen and oxygen atoms in total. The molecule has 0 saturated carbocycles. The second kappa shape index (κ2) is 9.96.